The van der Waals surface area contributed by atoms with Crippen molar-refractivity contribution in [1.29, 1.82) is 0 Å². The Hall–Kier alpha value is -1.54. The van der Waals surface area contributed by atoms with E-state index in [0.717, 1.165) is 0 Å². The first kappa shape index (κ1) is 17.8. The largest absolute Gasteiger partial charge is 0.298 e. The van der Waals surface area contributed by atoms with E-state index >= 15 is 0 Å². The lowest BCUT2D eigenvalue weighted by Crippen LogP contribution is -2.24. The van der Waals surface area contributed by atoms with Crippen molar-refractivity contribution < 1.29 is 4.79 Å². The maximum atomic E-state index is 12.8. The Balaban J connectivity index is 2.04. The molecule has 0 aromatic heterocycles. The zero-order chi connectivity index (χ0) is 16.8. The number of ketones is 1. The van der Waals surface area contributed by atoms with Gasteiger partial charge in [-0.05, 0) is 36.5 Å². The molecule has 0 saturated heterocycles. The number of Topliss-reactive ketones (excluding diaryl/α,β-unsaturated/α-hetero) is 1. The van der Waals surface area contributed by atoms with Gasteiger partial charge in [-0.15, -0.1) is 11.8 Å². The van der Waals surface area contributed by atoms with E-state index < -0.39 is 0 Å². The molecule has 0 spiro atoms. The lowest BCUT2D eigenvalue weighted by molar-refractivity contribution is -0.119. The molecule has 0 saturated carbocycles. The molecule has 2 aromatic rings. The van der Waals surface area contributed by atoms with E-state index in [9.17, 15) is 4.79 Å². The number of carbonyl (C=O) groups excluding carboxylic acids is 1. The number of carbonyl (C=O) groups is 1. The van der Waals surface area contributed by atoms with Crippen LogP contribution >= 0.6 is 11.8 Å². The average molecular weight is 327 g/mol. The number of thioether (sulfide) groups is 1. The molecule has 23 heavy (non-hydrogen) atoms. The van der Waals surface area contributed by atoms with E-state index in [4.69, 9.17) is 0 Å². The molecule has 2 rings (SSSR count). The molecule has 0 aliphatic rings. The molecule has 122 valence electrons. The molecule has 0 fully saturated rings. The Bertz CT molecular complexity index is 616. The van der Waals surface area contributed by atoms with Crippen molar-refractivity contribution in [2.45, 2.75) is 50.2 Å². The average Bonchev–Trinajstić information content (AvgIpc) is 2.53. The number of hydrogen-bond acceptors (Lipinski definition) is 2. The topological polar surface area (TPSA) is 17.1 Å². The van der Waals surface area contributed by atoms with Gasteiger partial charge >= 0.3 is 0 Å². The predicted molar refractivity (Wildman–Crippen MR) is 100 cm³/mol. The molecule has 0 heterocycles. The quantitative estimate of drug-likeness (QED) is 0.591. The summed E-state index contributed by atoms with van der Waals surface area (Å²) in [4.78, 5) is 14.0. The van der Waals surface area contributed by atoms with Gasteiger partial charge in [0.05, 0.1) is 5.25 Å². The van der Waals surface area contributed by atoms with E-state index in [0.29, 0.717) is 18.1 Å². The lowest BCUT2D eigenvalue weighted by atomic mass is 9.92. The van der Waals surface area contributed by atoms with E-state index in [-0.39, 0.29) is 11.2 Å². The van der Waals surface area contributed by atoms with E-state index in [1.165, 1.54) is 16.0 Å². The van der Waals surface area contributed by atoms with Crippen molar-refractivity contribution in [2.24, 2.45) is 5.92 Å². The molecular weight excluding hydrogens is 300 g/mol. The highest BCUT2D eigenvalue weighted by atomic mass is 32.2. The first-order valence-corrected chi connectivity index (χ1v) is 9.16. The van der Waals surface area contributed by atoms with Crippen LogP contribution in [0.15, 0.2) is 59.5 Å². The van der Waals surface area contributed by atoms with Gasteiger partial charge in [0.25, 0.3) is 0 Å². The second-order valence-corrected chi connectivity index (χ2v) is 7.79. The van der Waals surface area contributed by atoms with Crippen LogP contribution in [0.25, 0.3) is 0 Å². The third kappa shape index (κ3) is 5.24. The SMILES string of the molecule is Cc1ccc(C(C)CC(=O)C(Sc2ccccc2)C(C)C)cc1. The fourth-order valence-electron chi connectivity index (χ4n) is 2.65. The standard InChI is InChI=1S/C21H26OS/c1-15(2)21(23-19-8-6-5-7-9-19)20(22)14-17(4)18-12-10-16(3)11-13-18/h5-13,15,17,21H,14H2,1-4H3. The summed E-state index contributed by atoms with van der Waals surface area (Å²) in [6.07, 6.45) is 0.603. The summed E-state index contributed by atoms with van der Waals surface area (Å²) in [6.45, 7) is 8.50. The maximum absolute atomic E-state index is 12.8. The van der Waals surface area contributed by atoms with Gasteiger partial charge in [0.1, 0.15) is 5.78 Å². The highest BCUT2D eigenvalue weighted by Crippen LogP contribution is 2.31. The first-order chi connectivity index (χ1) is 11.0. The number of benzene rings is 2. The highest BCUT2D eigenvalue weighted by Gasteiger charge is 2.25. The Kier molecular flexibility index (Phi) is 6.47. The first-order valence-electron chi connectivity index (χ1n) is 8.28. The fourth-order valence-corrected chi connectivity index (χ4v) is 3.76. The van der Waals surface area contributed by atoms with Gasteiger partial charge in [-0.25, -0.2) is 0 Å². The minimum atomic E-state index is 0.0188. The molecule has 2 heteroatoms. The Morgan fingerprint density at radius 1 is 0.957 bits per heavy atom. The summed E-state index contributed by atoms with van der Waals surface area (Å²) in [5, 5.41) is 0.0188. The zero-order valence-electron chi connectivity index (χ0n) is 14.5. The van der Waals surface area contributed by atoms with Crippen LogP contribution in [-0.2, 0) is 4.79 Å². The number of hydrogen-bond donors (Lipinski definition) is 0. The van der Waals surface area contributed by atoms with Crippen molar-refractivity contribution in [1.82, 2.24) is 0 Å². The highest BCUT2D eigenvalue weighted by molar-refractivity contribution is 8.00. The third-order valence-corrected chi connectivity index (χ3v) is 5.69. The van der Waals surface area contributed by atoms with Crippen LogP contribution < -0.4 is 0 Å². The number of aryl methyl sites for hydroxylation is 1. The molecule has 0 radical (unpaired) electrons. The second-order valence-electron chi connectivity index (χ2n) is 6.58. The minimum absolute atomic E-state index is 0.0188. The van der Waals surface area contributed by atoms with Gasteiger partial charge in [-0.1, -0.05) is 68.8 Å². The van der Waals surface area contributed by atoms with Gasteiger partial charge < -0.3 is 0 Å². The Morgan fingerprint density at radius 2 is 1.57 bits per heavy atom. The van der Waals surface area contributed by atoms with Crippen molar-refractivity contribution in [3.63, 3.8) is 0 Å². The molecule has 0 bridgehead atoms. The van der Waals surface area contributed by atoms with Crippen molar-refractivity contribution in [3.8, 4) is 0 Å². The lowest BCUT2D eigenvalue weighted by Gasteiger charge is -2.21. The van der Waals surface area contributed by atoms with E-state index in [2.05, 4.69) is 64.1 Å². The van der Waals surface area contributed by atoms with Crippen LogP contribution in [0, 0.1) is 12.8 Å². The molecule has 0 aliphatic heterocycles. The van der Waals surface area contributed by atoms with Gasteiger partial charge in [0.2, 0.25) is 0 Å². The predicted octanol–water partition coefficient (Wildman–Crippen LogP) is 5.87. The van der Waals surface area contributed by atoms with Gasteiger partial charge in [0, 0.05) is 11.3 Å². The molecule has 0 N–H and O–H groups in total. The van der Waals surface area contributed by atoms with Crippen LogP contribution in [-0.4, -0.2) is 11.0 Å². The van der Waals surface area contributed by atoms with Gasteiger partial charge in [-0.2, -0.15) is 0 Å². The van der Waals surface area contributed by atoms with Crippen LogP contribution in [0.2, 0.25) is 0 Å². The second kappa shape index (κ2) is 8.35. The summed E-state index contributed by atoms with van der Waals surface area (Å²) in [5.74, 6) is 0.945. The van der Waals surface area contributed by atoms with Crippen LogP contribution in [0.4, 0.5) is 0 Å². The molecule has 2 aromatic carbocycles. The normalized spacial score (nSPS) is 13.8. The Morgan fingerprint density at radius 3 is 2.13 bits per heavy atom. The van der Waals surface area contributed by atoms with E-state index in [1.54, 1.807) is 11.8 Å². The maximum Gasteiger partial charge on any atom is 0.147 e. The molecule has 2 unspecified atom stereocenters. The van der Waals surface area contributed by atoms with Crippen LogP contribution in [0.5, 0.6) is 0 Å². The summed E-state index contributed by atoms with van der Waals surface area (Å²) in [7, 11) is 0. The molecule has 2 atom stereocenters. The molecular formula is C21H26OS. The summed E-state index contributed by atoms with van der Waals surface area (Å²) in [6, 6.07) is 18.7. The molecule has 0 amide bonds. The summed E-state index contributed by atoms with van der Waals surface area (Å²) >= 11 is 1.70. The summed E-state index contributed by atoms with van der Waals surface area (Å²) in [5.41, 5.74) is 2.50. The minimum Gasteiger partial charge on any atom is -0.298 e. The van der Waals surface area contributed by atoms with Crippen molar-refractivity contribution in [3.05, 3.63) is 65.7 Å². The van der Waals surface area contributed by atoms with Gasteiger partial charge in [0.15, 0.2) is 0 Å². The van der Waals surface area contributed by atoms with Gasteiger partial charge in [-0.3, -0.25) is 4.79 Å². The summed E-state index contributed by atoms with van der Waals surface area (Å²) < 4.78 is 0. The smallest absolute Gasteiger partial charge is 0.147 e. The van der Waals surface area contributed by atoms with Crippen molar-refractivity contribution >= 4 is 17.5 Å². The number of rotatable bonds is 7. The third-order valence-electron chi connectivity index (χ3n) is 4.08. The van der Waals surface area contributed by atoms with Crippen LogP contribution in [0.1, 0.15) is 44.2 Å². The molecule has 0 aliphatic carbocycles. The molecule has 1 nitrogen and oxygen atoms in total. The fraction of sp³-hybridized carbons (Fsp3) is 0.381. The van der Waals surface area contributed by atoms with Crippen molar-refractivity contribution in [2.75, 3.05) is 0 Å². The van der Waals surface area contributed by atoms with E-state index in [1.807, 2.05) is 18.2 Å². The monoisotopic (exact) mass is 326 g/mol. The van der Waals surface area contributed by atoms with Crippen LogP contribution in [0.3, 0.4) is 0 Å². The Labute approximate surface area is 144 Å². The zero-order valence-corrected chi connectivity index (χ0v) is 15.3.